The van der Waals surface area contributed by atoms with Crippen LogP contribution in [0.1, 0.15) is 109 Å². The largest absolute Gasteiger partial charge is 0.507 e. The molecule has 4 aliphatic rings. The number of Topliss-reactive ketones (excluding diaryl/α,β-unsaturated/α-hetero) is 1. The Kier molecular flexibility index (Phi) is 16.1. The van der Waals surface area contributed by atoms with Crippen LogP contribution in [0.15, 0.2) is 18.2 Å². The first kappa shape index (κ1) is 50.0. The van der Waals surface area contributed by atoms with Crippen LogP contribution >= 0.6 is 11.6 Å². The molecule has 1 radical (unpaired) electrons. The third-order valence-corrected chi connectivity index (χ3v) is 13.8. The van der Waals surface area contributed by atoms with E-state index < -0.39 is 101 Å². The van der Waals surface area contributed by atoms with Gasteiger partial charge in [0.2, 0.25) is 5.79 Å². The average Bonchev–Trinajstić information content (AvgIpc) is 3.66. The maximum atomic E-state index is 14.3. The van der Waals surface area contributed by atoms with E-state index in [9.17, 15) is 39.9 Å². The molecule has 14 nitrogen and oxygen atoms in total. The number of aryl methyl sites for hydroxylation is 1. The van der Waals surface area contributed by atoms with Gasteiger partial charge in [0.15, 0.2) is 11.9 Å². The number of aromatic carboxylic acids is 1. The number of methoxy groups -OCH3 is 1. The number of ether oxygens (including phenoxy) is 6. The molecule has 4 aliphatic heterocycles. The van der Waals surface area contributed by atoms with Crippen molar-refractivity contribution in [3.63, 3.8) is 0 Å². The second kappa shape index (κ2) is 19.0. The van der Waals surface area contributed by atoms with Crippen LogP contribution in [0.3, 0.4) is 0 Å². The first-order valence-electron chi connectivity index (χ1n) is 20.5. The van der Waals surface area contributed by atoms with Crippen LogP contribution in [0.2, 0.25) is 5.02 Å². The molecule has 4 heterocycles. The third-order valence-electron chi connectivity index (χ3n) is 13.5. The van der Waals surface area contributed by atoms with E-state index in [0.717, 1.165) is 0 Å². The Balaban J connectivity index is 0.00000769. The third kappa shape index (κ3) is 8.95. The Morgan fingerprint density at radius 3 is 2.31 bits per heavy atom. The van der Waals surface area contributed by atoms with Crippen LogP contribution in [0.25, 0.3) is 0 Å². The number of benzene rings is 1. The number of rotatable bonds is 13. The molecule has 5 rings (SSSR count). The van der Waals surface area contributed by atoms with Crippen molar-refractivity contribution in [1.29, 1.82) is 0 Å². The summed E-state index contributed by atoms with van der Waals surface area (Å²) < 4.78 is 37.8. The van der Waals surface area contributed by atoms with Crippen LogP contribution in [0, 0.1) is 42.4 Å². The number of hydrogen-bond acceptors (Lipinski definition) is 13. The summed E-state index contributed by atoms with van der Waals surface area (Å²) in [5.74, 6) is -9.24. The molecule has 3 fully saturated rings. The topological polar surface area (TPSA) is 208 Å². The summed E-state index contributed by atoms with van der Waals surface area (Å²) in [6, 6.07) is 1.52. The van der Waals surface area contributed by atoms with Gasteiger partial charge in [-0.05, 0) is 80.7 Å². The summed E-state index contributed by atoms with van der Waals surface area (Å²) in [5.41, 5.74) is -0.978. The summed E-state index contributed by atoms with van der Waals surface area (Å²) in [7, 11) is 1.51. The van der Waals surface area contributed by atoms with Crippen molar-refractivity contribution in [3.05, 3.63) is 39.9 Å². The summed E-state index contributed by atoms with van der Waals surface area (Å²) in [6.45, 7) is 17.9. The number of esters is 1. The van der Waals surface area contributed by atoms with Crippen molar-refractivity contribution in [2.75, 3.05) is 13.7 Å². The van der Waals surface area contributed by atoms with Gasteiger partial charge in [0.25, 0.3) is 0 Å². The average molecular weight is 862 g/mol. The molecule has 16 heteroatoms. The maximum absolute atomic E-state index is 14.3. The minimum atomic E-state index is -1.72. The minimum absolute atomic E-state index is 0. The van der Waals surface area contributed by atoms with Crippen molar-refractivity contribution in [2.45, 2.75) is 154 Å². The van der Waals surface area contributed by atoms with Gasteiger partial charge < -0.3 is 54.0 Å². The molecule has 5 N–H and O–H groups in total. The SMILES string of the molecule is CCOC(=O)[C@H]1O[C@@H]([C@@]2(C)O[C@]3(O[C@]4(C=C[C@H]3O)O[C@H]([C@@H](C)C(=O)[C@@H](C)[C@@H](O)[C@H](C)C[C@H](C)c3c(Cl)cc(C)c(O)c3C(=O)O)[C@@H](C)C[C@H]4C)[C@H](C)[C@H]2OC)C[C@H]1O.[Na]. The van der Waals surface area contributed by atoms with Gasteiger partial charge in [-0.25, -0.2) is 9.59 Å². The van der Waals surface area contributed by atoms with Crippen molar-refractivity contribution >= 4 is 58.9 Å². The van der Waals surface area contributed by atoms with Crippen molar-refractivity contribution in [2.24, 2.45) is 35.5 Å². The molecule has 1 aromatic carbocycles. The number of carbonyl (C=O) groups is 3. The molecule has 0 amide bonds. The van der Waals surface area contributed by atoms with Crippen LogP contribution in [0.4, 0.5) is 0 Å². The second-order valence-corrected chi connectivity index (χ2v) is 18.0. The number of carboxylic acid groups (broad SMARTS) is 1. The normalized spacial score (nSPS) is 38.1. The van der Waals surface area contributed by atoms with E-state index in [1.807, 2.05) is 20.8 Å². The van der Waals surface area contributed by atoms with Gasteiger partial charge in [-0.3, -0.25) is 4.79 Å². The first-order valence-corrected chi connectivity index (χ1v) is 20.8. The number of hydrogen-bond donors (Lipinski definition) is 5. The van der Waals surface area contributed by atoms with Crippen LogP contribution in [-0.2, 0) is 38.0 Å². The Labute approximate surface area is 374 Å². The van der Waals surface area contributed by atoms with Gasteiger partial charge in [0, 0.05) is 71.8 Å². The van der Waals surface area contributed by atoms with E-state index in [-0.39, 0.29) is 88.5 Å². The molecule has 3 saturated heterocycles. The first-order chi connectivity index (χ1) is 27.0. The van der Waals surface area contributed by atoms with E-state index in [2.05, 4.69) is 0 Å². The van der Waals surface area contributed by atoms with Gasteiger partial charge in [0.05, 0.1) is 37.1 Å². The van der Waals surface area contributed by atoms with E-state index in [1.54, 1.807) is 60.6 Å². The molecule has 0 aromatic heterocycles. The molecule has 0 saturated carbocycles. The van der Waals surface area contributed by atoms with Crippen molar-refractivity contribution < 1.29 is 68.3 Å². The van der Waals surface area contributed by atoms with Gasteiger partial charge in [0.1, 0.15) is 28.8 Å². The van der Waals surface area contributed by atoms with Crippen LogP contribution in [-0.4, -0.2) is 146 Å². The van der Waals surface area contributed by atoms with Crippen molar-refractivity contribution in [1.82, 2.24) is 0 Å². The zero-order valence-corrected chi connectivity index (χ0v) is 39.2. The molecule has 2 spiro atoms. The molecule has 0 aliphatic carbocycles. The van der Waals surface area contributed by atoms with Crippen LogP contribution < -0.4 is 0 Å². The fourth-order valence-electron chi connectivity index (χ4n) is 10.3. The Bertz CT molecular complexity index is 1740. The number of ketones is 1. The summed E-state index contributed by atoms with van der Waals surface area (Å²) in [5, 5.41) is 54.7. The summed E-state index contributed by atoms with van der Waals surface area (Å²) in [4.78, 5) is 39.0. The standard InChI is InChI=1S/C43H63ClO14.Na/c1-12-54-40(52)37-28(45)18-30(55-37)41(10)38(53-11)26(9)43(57-41)29(46)13-14-42(58-43)23(6)16-22(5)36(56-42)25(8)35(49)24(7)33(47)20(3)15-19(2)31-27(44)17-21(4)34(48)32(31)39(50)51;/h13-14,17,19-20,22-26,28-30,33,36-38,45-48H,12,15-16,18H2,1-11H3,(H,50,51);/t19-,20+,22-,23+,24-,25-,26+,28+,29+,30+,33-,36-,37-,38+,41+,42-,43-;/m0./s1. The number of aliphatic hydroxyl groups is 3. The fraction of sp³-hybridized carbons (Fsp3) is 0.744. The maximum Gasteiger partial charge on any atom is 0.339 e. The van der Waals surface area contributed by atoms with E-state index in [0.29, 0.717) is 12.0 Å². The number of carboxylic acids is 1. The zero-order chi connectivity index (χ0) is 43.4. The number of aliphatic hydroxyl groups excluding tert-OH is 3. The zero-order valence-electron chi connectivity index (χ0n) is 36.4. The number of carbonyl (C=O) groups excluding carboxylic acids is 2. The van der Waals surface area contributed by atoms with Gasteiger partial charge >= 0.3 is 11.9 Å². The molecular weight excluding hydrogens is 799 g/mol. The Morgan fingerprint density at radius 2 is 1.71 bits per heavy atom. The van der Waals surface area contributed by atoms with E-state index in [1.165, 1.54) is 13.2 Å². The quantitative estimate of drug-likeness (QED) is 0.101. The number of halogens is 1. The molecule has 17 atom stereocenters. The predicted octanol–water partition coefficient (Wildman–Crippen LogP) is 4.93. The summed E-state index contributed by atoms with van der Waals surface area (Å²) in [6.07, 6.45) is -2.84. The molecule has 1 aromatic rings. The summed E-state index contributed by atoms with van der Waals surface area (Å²) >= 11 is 6.50. The Morgan fingerprint density at radius 1 is 1.07 bits per heavy atom. The fourth-order valence-corrected chi connectivity index (χ4v) is 10.7. The smallest absolute Gasteiger partial charge is 0.339 e. The van der Waals surface area contributed by atoms with Gasteiger partial charge in [-0.2, -0.15) is 0 Å². The Hall–Kier alpha value is -1.66. The van der Waals surface area contributed by atoms with E-state index in [4.69, 9.17) is 40.0 Å². The van der Waals surface area contributed by atoms with Gasteiger partial charge in [-0.15, -0.1) is 0 Å². The number of aromatic hydroxyl groups is 1. The molecule has 59 heavy (non-hydrogen) atoms. The monoisotopic (exact) mass is 861 g/mol. The molecular formula is C43H63ClNaO14. The predicted molar refractivity (Wildman–Crippen MR) is 217 cm³/mol. The molecule has 0 bridgehead atoms. The molecule has 327 valence electrons. The number of phenols is 1. The minimum Gasteiger partial charge on any atom is -0.507 e. The second-order valence-electron chi connectivity index (χ2n) is 17.6. The molecule has 0 unspecified atom stereocenters. The van der Waals surface area contributed by atoms with Crippen LogP contribution in [0.5, 0.6) is 5.75 Å². The van der Waals surface area contributed by atoms with E-state index >= 15 is 0 Å². The van der Waals surface area contributed by atoms with Gasteiger partial charge in [-0.1, -0.05) is 60.1 Å². The van der Waals surface area contributed by atoms with Crippen molar-refractivity contribution in [3.8, 4) is 5.75 Å².